The van der Waals surface area contributed by atoms with E-state index in [2.05, 4.69) is 10.6 Å². The molecule has 142 valence electrons. The second-order valence-electron chi connectivity index (χ2n) is 6.15. The average Bonchev–Trinajstić information content (AvgIpc) is 2.55. The molecule has 2 atom stereocenters. The van der Waals surface area contributed by atoms with Gasteiger partial charge in [-0.15, -0.1) is 0 Å². The second kappa shape index (κ2) is 8.11. The lowest BCUT2D eigenvalue weighted by Gasteiger charge is -2.40. The molecule has 0 saturated carbocycles. The third-order valence-electron chi connectivity index (χ3n) is 4.30. The number of rotatable bonds is 5. The molecule has 2 saturated heterocycles. The van der Waals surface area contributed by atoms with Crippen molar-refractivity contribution >= 4 is 27.7 Å². The van der Waals surface area contributed by atoms with Gasteiger partial charge in [-0.1, -0.05) is 0 Å². The predicted octanol–water partition coefficient (Wildman–Crippen LogP) is -2.50. The summed E-state index contributed by atoms with van der Waals surface area (Å²) in [5, 5.41) is 5.30. The lowest BCUT2D eigenvalue weighted by Crippen LogP contribution is -2.63. The molecule has 2 aliphatic heterocycles. The molecule has 0 spiro atoms. The van der Waals surface area contributed by atoms with Crippen molar-refractivity contribution in [3.63, 3.8) is 0 Å². The number of sulfonamides is 1. The van der Waals surface area contributed by atoms with E-state index in [0.29, 0.717) is 13.0 Å². The highest BCUT2D eigenvalue weighted by molar-refractivity contribution is 7.88. The van der Waals surface area contributed by atoms with Crippen LogP contribution in [0.1, 0.15) is 12.8 Å². The molecule has 2 rings (SSSR count). The first-order chi connectivity index (χ1) is 11.7. The molecule has 25 heavy (non-hydrogen) atoms. The van der Waals surface area contributed by atoms with Gasteiger partial charge in [0.1, 0.15) is 18.7 Å². The van der Waals surface area contributed by atoms with Gasteiger partial charge >= 0.3 is 0 Å². The summed E-state index contributed by atoms with van der Waals surface area (Å²) in [5.41, 5.74) is 0. The Hall–Kier alpha value is -1.72. The molecule has 2 N–H and O–H groups in total. The number of piperidine rings is 1. The zero-order valence-electron chi connectivity index (χ0n) is 14.4. The maximum Gasteiger partial charge on any atom is 0.249 e. The van der Waals surface area contributed by atoms with Crippen molar-refractivity contribution in [2.45, 2.75) is 24.9 Å². The molecule has 2 unspecified atom stereocenters. The Kier molecular flexibility index (Phi) is 6.36. The van der Waals surface area contributed by atoms with E-state index >= 15 is 0 Å². The molecule has 2 heterocycles. The SMILES string of the molecule is COCC(=O)N1CCN(S(C)(=O)=O)CC1C(=O)NC1CCCNC1=O. The van der Waals surface area contributed by atoms with Crippen molar-refractivity contribution in [2.24, 2.45) is 0 Å². The Labute approximate surface area is 146 Å². The Bertz CT molecular complexity index is 637. The van der Waals surface area contributed by atoms with Crippen LogP contribution in [0.4, 0.5) is 0 Å². The molecule has 10 nitrogen and oxygen atoms in total. The van der Waals surface area contributed by atoms with E-state index < -0.39 is 33.9 Å². The molecule has 0 aromatic heterocycles. The molecule has 2 aliphatic rings. The van der Waals surface area contributed by atoms with E-state index in [-0.39, 0.29) is 32.1 Å². The van der Waals surface area contributed by atoms with Crippen molar-refractivity contribution in [3.05, 3.63) is 0 Å². The van der Waals surface area contributed by atoms with Crippen LogP contribution in [0, 0.1) is 0 Å². The fourth-order valence-electron chi connectivity index (χ4n) is 2.97. The monoisotopic (exact) mass is 376 g/mol. The third-order valence-corrected chi connectivity index (χ3v) is 5.57. The number of carbonyl (C=O) groups is 3. The summed E-state index contributed by atoms with van der Waals surface area (Å²) in [6.07, 6.45) is 2.30. The van der Waals surface area contributed by atoms with Gasteiger partial charge in [0.05, 0.1) is 6.26 Å². The quantitative estimate of drug-likeness (QED) is 0.546. The molecule has 0 bridgehead atoms. The standard InChI is InChI=1S/C14H24N4O6S/c1-24-9-12(19)18-7-6-17(25(2,22)23)8-11(18)14(21)16-10-4-3-5-15-13(10)20/h10-11H,3-9H2,1-2H3,(H,15,20)(H,16,21). The molecule has 11 heteroatoms. The van der Waals surface area contributed by atoms with Crippen LogP contribution < -0.4 is 10.6 Å². The predicted molar refractivity (Wildman–Crippen MR) is 88.0 cm³/mol. The van der Waals surface area contributed by atoms with Crippen LogP contribution in [0.25, 0.3) is 0 Å². The van der Waals surface area contributed by atoms with Crippen LogP contribution in [-0.4, -0.2) is 93.6 Å². The Balaban J connectivity index is 2.14. The second-order valence-corrected chi connectivity index (χ2v) is 8.13. The Morgan fingerprint density at radius 1 is 1.36 bits per heavy atom. The minimum absolute atomic E-state index is 0.0875. The van der Waals surface area contributed by atoms with Gasteiger partial charge in [-0.05, 0) is 12.8 Å². The molecule has 0 aromatic carbocycles. The number of hydrogen-bond acceptors (Lipinski definition) is 6. The number of nitrogens with zero attached hydrogens (tertiary/aromatic N) is 2. The van der Waals surface area contributed by atoms with Crippen molar-refractivity contribution in [1.29, 1.82) is 0 Å². The minimum atomic E-state index is -3.49. The van der Waals surface area contributed by atoms with Crippen molar-refractivity contribution in [2.75, 3.05) is 46.2 Å². The summed E-state index contributed by atoms with van der Waals surface area (Å²) < 4.78 is 29.6. The average molecular weight is 376 g/mol. The van der Waals surface area contributed by atoms with Crippen LogP contribution in [0.3, 0.4) is 0 Å². The number of hydrogen-bond donors (Lipinski definition) is 2. The van der Waals surface area contributed by atoms with Gasteiger partial charge in [-0.2, -0.15) is 4.31 Å². The van der Waals surface area contributed by atoms with Gasteiger partial charge in [0, 0.05) is 33.3 Å². The summed E-state index contributed by atoms with van der Waals surface area (Å²) in [4.78, 5) is 38.0. The number of methoxy groups -OCH3 is 1. The van der Waals surface area contributed by atoms with Gasteiger partial charge in [0.15, 0.2) is 0 Å². The molecular formula is C14H24N4O6S. The molecule has 0 radical (unpaired) electrons. The molecule has 2 fully saturated rings. The zero-order chi connectivity index (χ0) is 18.6. The number of carbonyl (C=O) groups excluding carboxylic acids is 3. The van der Waals surface area contributed by atoms with Crippen LogP contribution in [0.5, 0.6) is 0 Å². The fourth-order valence-corrected chi connectivity index (χ4v) is 3.79. The van der Waals surface area contributed by atoms with Crippen LogP contribution in [0.2, 0.25) is 0 Å². The Morgan fingerprint density at radius 3 is 2.68 bits per heavy atom. The van der Waals surface area contributed by atoms with Crippen molar-refractivity contribution < 1.29 is 27.5 Å². The molecular weight excluding hydrogens is 352 g/mol. The topological polar surface area (TPSA) is 125 Å². The highest BCUT2D eigenvalue weighted by atomic mass is 32.2. The first-order valence-electron chi connectivity index (χ1n) is 8.05. The van der Waals surface area contributed by atoms with Gasteiger partial charge in [-0.25, -0.2) is 8.42 Å². The zero-order valence-corrected chi connectivity index (χ0v) is 15.2. The van der Waals surface area contributed by atoms with Gasteiger partial charge in [0.2, 0.25) is 27.7 Å². The highest BCUT2D eigenvalue weighted by Crippen LogP contribution is 2.15. The van der Waals surface area contributed by atoms with E-state index in [0.717, 1.165) is 17.0 Å². The van der Waals surface area contributed by atoms with E-state index in [1.54, 1.807) is 0 Å². The van der Waals surface area contributed by atoms with Crippen molar-refractivity contribution in [3.8, 4) is 0 Å². The normalized spacial score (nSPS) is 25.4. The highest BCUT2D eigenvalue weighted by Gasteiger charge is 2.39. The number of piperazine rings is 1. The Morgan fingerprint density at radius 2 is 2.08 bits per heavy atom. The van der Waals surface area contributed by atoms with E-state index in [1.807, 2.05) is 0 Å². The summed E-state index contributed by atoms with van der Waals surface area (Å²) >= 11 is 0. The lowest BCUT2D eigenvalue weighted by molar-refractivity contribution is -0.146. The maximum atomic E-state index is 12.7. The number of ether oxygens (including phenoxy) is 1. The lowest BCUT2D eigenvalue weighted by atomic mass is 10.1. The maximum absolute atomic E-state index is 12.7. The first kappa shape index (κ1) is 19.6. The number of amides is 3. The van der Waals surface area contributed by atoms with Crippen LogP contribution in [-0.2, 0) is 29.1 Å². The summed E-state index contributed by atoms with van der Waals surface area (Å²) in [7, 11) is -2.13. The van der Waals surface area contributed by atoms with E-state index in [9.17, 15) is 22.8 Å². The van der Waals surface area contributed by atoms with Gasteiger partial charge < -0.3 is 20.3 Å². The summed E-state index contributed by atoms with van der Waals surface area (Å²) in [6, 6.07) is -1.67. The largest absolute Gasteiger partial charge is 0.375 e. The van der Waals surface area contributed by atoms with E-state index in [4.69, 9.17) is 4.74 Å². The first-order valence-corrected chi connectivity index (χ1v) is 9.90. The fraction of sp³-hybridized carbons (Fsp3) is 0.786. The minimum Gasteiger partial charge on any atom is -0.375 e. The van der Waals surface area contributed by atoms with Crippen LogP contribution in [0.15, 0.2) is 0 Å². The third kappa shape index (κ3) is 4.89. The molecule has 0 aliphatic carbocycles. The summed E-state index contributed by atoms with van der Waals surface area (Å²) in [6.45, 7) is 0.419. The van der Waals surface area contributed by atoms with Gasteiger partial charge in [0.25, 0.3) is 0 Å². The van der Waals surface area contributed by atoms with Crippen molar-refractivity contribution in [1.82, 2.24) is 19.8 Å². The molecule has 3 amide bonds. The smallest absolute Gasteiger partial charge is 0.249 e. The van der Waals surface area contributed by atoms with E-state index in [1.165, 1.54) is 12.0 Å². The number of nitrogens with one attached hydrogen (secondary N) is 2. The summed E-state index contributed by atoms with van der Waals surface area (Å²) in [5.74, 6) is -1.21. The van der Waals surface area contributed by atoms with Crippen LogP contribution >= 0.6 is 0 Å². The van der Waals surface area contributed by atoms with Gasteiger partial charge in [-0.3, -0.25) is 14.4 Å². The molecule has 0 aromatic rings.